The Hall–Kier alpha value is -0.640. The molecule has 2 rings (SSSR count). The van der Waals surface area contributed by atoms with Crippen molar-refractivity contribution in [2.45, 2.75) is 31.2 Å². The second-order valence-corrected chi connectivity index (χ2v) is 4.76. The molecule has 0 radical (unpaired) electrons. The molecule has 0 saturated carbocycles. The summed E-state index contributed by atoms with van der Waals surface area (Å²) in [5.74, 6) is -2.56. The third kappa shape index (κ3) is 2.30. The fourth-order valence-corrected chi connectivity index (χ4v) is 2.51. The van der Waals surface area contributed by atoms with Gasteiger partial charge in [-0.15, -0.1) is 0 Å². The van der Waals surface area contributed by atoms with Crippen molar-refractivity contribution in [2.75, 3.05) is 26.7 Å². The second kappa shape index (κ2) is 3.74. The van der Waals surface area contributed by atoms with Crippen LogP contribution in [0.5, 0.6) is 0 Å². The summed E-state index contributed by atoms with van der Waals surface area (Å²) in [5.41, 5.74) is 0.620. The van der Waals surface area contributed by atoms with Crippen LogP contribution in [0.15, 0.2) is 12.3 Å². The van der Waals surface area contributed by atoms with Gasteiger partial charge in [0.25, 0.3) is 5.92 Å². The Morgan fingerprint density at radius 3 is 2.40 bits per heavy atom. The van der Waals surface area contributed by atoms with Crippen molar-refractivity contribution in [2.24, 2.45) is 0 Å². The number of hydrogen-bond donors (Lipinski definition) is 0. The van der Waals surface area contributed by atoms with Gasteiger partial charge >= 0.3 is 0 Å². The largest absolute Gasteiger partial charge is 0.366 e. The van der Waals surface area contributed by atoms with Gasteiger partial charge in [0, 0.05) is 11.7 Å². The molecule has 2 aliphatic rings. The molecule has 0 aliphatic carbocycles. The van der Waals surface area contributed by atoms with Crippen LogP contribution < -0.4 is 0 Å². The zero-order chi connectivity index (χ0) is 11.1. The van der Waals surface area contributed by atoms with Crippen LogP contribution >= 0.6 is 0 Å². The monoisotopic (exact) mass is 216 g/mol. The van der Waals surface area contributed by atoms with E-state index < -0.39 is 5.92 Å². The standard InChI is InChI=1S/C11H18F2N2/c1-9-7-11(12,13)8-15(9)10-3-5-14(2)6-4-10/h10H,1,3-8H2,2H3. The van der Waals surface area contributed by atoms with Crippen LogP contribution in [0.25, 0.3) is 0 Å². The molecule has 2 saturated heterocycles. The lowest BCUT2D eigenvalue weighted by molar-refractivity contribution is 0.00395. The van der Waals surface area contributed by atoms with E-state index in [2.05, 4.69) is 18.5 Å². The van der Waals surface area contributed by atoms with E-state index in [9.17, 15) is 8.78 Å². The zero-order valence-electron chi connectivity index (χ0n) is 9.18. The normalized spacial score (nSPS) is 28.7. The number of allylic oxidation sites excluding steroid dienone is 1. The topological polar surface area (TPSA) is 6.48 Å². The van der Waals surface area contributed by atoms with E-state index in [1.165, 1.54) is 0 Å². The summed E-state index contributed by atoms with van der Waals surface area (Å²) in [6.45, 7) is 5.63. The van der Waals surface area contributed by atoms with Crippen molar-refractivity contribution >= 4 is 0 Å². The molecule has 2 heterocycles. The number of alkyl halides is 2. The number of halogens is 2. The first-order chi connectivity index (χ1) is 6.98. The first-order valence-corrected chi connectivity index (χ1v) is 5.49. The summed E-state index contributed by atoms with van der Waals surface area (Å²) in [6.07, 6.45) is 1.80. The number of likely N-dealkylation sites (tertiary alicyclic amines) is 2. The van der Waals surface area contributed by atoms with Crippen LogP contribution in [0, 0.1) is 0 Å². The minimum atomic E-state index is -2.56. The van der Waals surface area contributed by atoms with Crippen molar-refractivity contribution in [3.05, 3.63) is 12.3 Å². The first-order valence-electron chi connectivity index (χ1n) is 5.49. The third-order valence-electron chi connectivity index (χ3n) is 3.40. The Kier molecular flexibility index (Phi) is 2.71. The summed E-state index contributed by atoms with van der Waals surface area (Å²) in [6, 6.07) is 0.280. The minimum Gasteiger partial charge on any atom is -0.366 e. The fraction of sp³-hybridized carbons (Fsp3) is 0.818. The molecular formula is C11H18F2N2. The van der Waals surface area contributed by atoms with Crippen LogP contribution in [0.1, 0.15) is 19.3 Å². The van der Waals surface area contributed by atoms with E-state index in [0.29, 0.717) is 5.70 Å². The van der Waals surface area contributed by atoms with Gasteiger partial charge in [0.15, 0.2) is 0 Å². The highest BCUT2D eigenvalue weighted by Gasteiger charge is 2.43. The van der Waals surface area contributed by atoms with Crippen LogP contribution in [-0.2, 0) is 0 Å². The fourth-order valence-electron chi connectivity index (χ4n) is 2.51. The molecule has 0 spiro atoms. The predicted molar refractivity (Wildman–Crippen MR) is 55.9 cm³/mol. The lowest BCUT2D eigenvalue weighted by Gasteiger charge is -2.36. The lowest BCUT2D eigenvalue weighted by Crippen LogP contribution is -2.42. The van der Waals surface area contributed by atoms with Crippen LogP contribution in [-0.4, -0.2) is 48.4 Å². The Morgan fingerprint density at radius 1 is 1.33 bits per heavy atom. The molecule has 2 aliphatic heterocycles. The van der Waals surface area contributed by atoms with Crippen molar-refractivity contribution < 1.29 is 8.78 Å². The molecule has 86 valence electrons. The summed E-state index contributed by atoms with van der Waals surface area (Å²) < 4.78 is 26.3. The van der Waals surface area contributed by atoms with Gasteiger partial charge < -0.3 is 9.80 Å². The van der Waals surface area contributed by atoms with Crippen molar-refractivity contribution in [1.29, 1.82) is 0 Å². The molecule has 0 bridgehead atoms. The molecule has 2 nitrogen and oxygen atoms in total. The van der Waals surface area contributed by atoms with Crippen molar-refractivity contribution in [1.82, 2.24) is 9.80 Å². The first kappa shape index (κ1) is 10.9. The van der Waals surface area contributed by atoms with Crippen LogP contribution in [0.2, 0.25) is 0 Å². The molecule has 4 heteroatoms. The molecule has 0 unspecified atom stereocenters. The summed E-state index contributed by atoms with van der Waals surface area (Å²) in [7, 11) is 2.07. The van der Waals surface area contributed by atoms with E-state index >= 15 is 0 Å². The van der Waals surface area contributed by atoms with Crippen LogP contribution in [0.3, 0.4) is 0 Å². The summed E-state index contributed by atoms with van der Waals surface area (Å²) in [5, 5.41) is 0. The van der Waals surface area contributed by atoms with E-state index in [1.807, 2.05) is 4.90 Å². The molecular weight excluding hydrogens is 198 g/mol. The molecule has 2 fully saturated rings. The molecule has 0 aromatic heterocycles. The van der Waals surface area contributed by atoms with Gasteiger partial charge in [0.05, 0.1) is 13.0 Å². The summed E-state index contributed by atoms with van der Waals surface area (Å²) >= 11 is 0. The average molecular weight is 216 g/mol. The zero-order valence-corrected chi connectivity index (χ0v) is 9.18. The number of piperidine rings is 1. The molecule has 0 amide bonds. The summed E-state index contributed by atoms with van der Waals surface area (Å²) in [4.78, 5) is 4.07. The second-order valence-electron chi connectivity index (χ2n) is 4.76. The van der Waals surface area contributed by atoms with Crippen molar-refractivity contribution in [3.63, 3.8) is 0 Å². The lowest BCUT2D eigenvalue weighted by atomic mass is 10.0. The number of rotatable bonds is 1. The van der Waals surface area contributed by atoms with E-state index in [0.717, 1.165) is 25.9 Å². The Labute approximate surface area is 89.5 Å². The van der Waals surface area contributed by atoms with Gasteiger partial charge in [-0.2, -0.15) is 0 Å². The smallest absolute Gasteiger partial charge is 0.270 e. The number of hydrogen-bond acceptors (Lipinski definition) is 2. The van der Waals surface area contributed by atoms with Crippen molar-refractivity contribution in [3.8, 4) is 0 Å². The van der Waals surface area contributed by atoms with Gasteiger partial charge in [-0.1, -0.05) is 6.58 Å². The molecule has 0 atom stereocenters. The highest BCUT2D eigenvalue weighted by Crippen LogP contribution is 2.36. The Bertz CT molecular complexity index is 257. The highest BCUT2D eigenvalue weighted by molar-refractivity contribution is 5.09. The van der Waals surface area contributed by atoms with E-state index in [4.69, 9.17) is 0 Å². The molecule has 0 aromatic rings. The molecule has 0 aromatic carbocycles. The average Bonchev–Trinajstić information content (AvgIpc) is 2.41. The number of nitrogens with zero attached hydrogens (tertiary/aromatic N) is 2. The van der Waals surface area contributed by atoms with Gasteiger partial charge in [-0.3, -0.25) is 0 Å². The minimum absolute atomic E-state index is 0.125. The van der Waals surface area contributed by atoms with E-state index in [1.54, 1.807) is 0 Å². The van der Waals surface area contributed by atoms with Gasteiger partial charge in [-0.25, -0.2) is 8.78 Å². The SMILES string of the molecule is C=C1CC(F)(F)CN1C1CCN(C)CC1. The molecule has 15 heavy (non-hydrogen) atoms. The maximum atomic E-state index is 13.2. The van der Waals surface area contributed by atoms with Gasteiger partial charge in [0.1, 0.15) is 0 Å². The predicted octanol–water partition coefficient (Wildman–Crippen LogP) is 1.94. The maximum Gasteiger partial charge on any atom is 0.270 e. The Morgan fingerprint density at radius 2 is 1.93 bits per heavy atom. The van der Waals surface area contributed by atoms with E-state index in [-0.39, 0.29) is 19.0 Å². The maximum absolute atomic E-state index is 13.2. The molecule has 0 N–H and O–H groups in total. The van der Waals surface area contributed by atoms with Gasteiger partial charge in [-0.05, 0) is 33.0 Å². The van der Waals surface area contributed by atoms with Crippen LogP contribution in [0.4, 0.5) is 8.78 Å². The van der Waals surface area contributed by atoms with Gasteiger partial charge in [0.2, 0.25) is 0 Å². The highest BCUT2D eigenvalue weighted by atomic mass is 19.3. The quantitative estimate of drug-likeness (QED) is 0.661. The Balaban J connectivity index is 1.97. The third-order valence-corrected chi connectivity index (χ3v) is 3.40.